The van der Waals surface area contributed by atoms with Crippen LogP contribution in [0.25, 0.3) is 0 Å². The molecule has 0 bridgehead atoms. The quantitative estimate of drug-likeness (QED) is 0.787. The normalized spacial score (nSPS) is 20.7. The third kappa shape index (κ3) is 4.64. The van der Waals surface area contributed by atoms with Crippen molar-refractivity contribution in [2.45, 2.75) is 57.4 Å². The van der Waals surface area contributed by atoms with Crippen LogP contribution in [0.3, 0.4) is 0 Å². The largest absolute Gasteiger partial charge is 0.550 e. The summed E-state index contributed by atoms with van der Waals surface area (Å²) >= 11 is 0. The maximum Gasteiger partial charge on any atom is 0.228 e. The first kappa shape index (κ1) is 18.9. The maximum absolute atomic E-state index is 11.8. The van der Waals surface area contributed by atoms with Crippen LogP contribution in [0.2, 0.25) is 0 Å². The lowest BCUT2D eigenvalue weighted by Crippen LogP contribution is -3.14. The molecule has 0 unspecified atom stereocenters. The Morgan fingerprint density at radius 3 is 2.31 bits per heavy atom. The Kier molecular flexibility index (Phi) is 6.30. The van der Waals surface area contributed by atoms with E-state index in [1.807, 2.05) is 0 Å². The minimum atomic E-state index is -1.30. The number of carbonyl (C=O) groups is 2. The van der Waals surface area contributed by atoms with E-state index in [0.29, 0.717) is 19.1 Å². The van der Waals surface area contributed by atoms with Crippen LogP contribution in [0.5, 0.6) is 0 Å². The van der Waals surface area contributed by atoms with Crippen LogP contribution in [0, 0.1) is 0 Å². The Morgan fingerprint density at radius 2 is 1.73 bits per heavy atom. The number of rotatable bonds is 5. The van der Waals surface area contributed by atoms with E-state index in [4.69, 9.17) is 0 Å². The fraction of sp³-hybridized carbons (Fsp3) is 0.619. The molecule has 142 valence electrons. The summed E-state index contributed by atoms with van der Waals surface area (Å²) in [5, 5.41) is 10.6. The third-order valence-electron chi connectivity index (χ3n) is 6.18. The zero-order valence-electron chi connectivity index (χ0n) is 15.7. The molecule has 1 aliphatic heterocycles. The van der Waals surface area contributed by atoms with Gasteiger partial charge >= 0.3 is 0 Å². The molecule has 1 amide bonds. The summed E-state index contributed by atoms with van der Waals surface area (Å²) < 4.78 is 0. The predicted molar refractivity (Wildman–Crippen MR) is 97.6 cm³/mol. The van der Waals surface area contributed by atoms with Gasteiger partial charge in [-0.05, 0) is 31.2 Å². The Balaban J connectivity index is 1.54. The number of nitrogens with one attached hydrogen (secondary N) is 1. The van der Waals surface area contributed by atoms with Crippen molar-refractivity contribution in [1.29, 1.82) is 0 Å². The molecule has 0 radical (unpaired) electrons. The van der Waals surface area contributed by atoms with Crippen molar-refractivity contribution >= 4 is 11.9 Å². The van der Waals surface area contributed by atoms with Gasteiger partial charge in [0.1, 0.15) is 6.04 Å². The predicted octanol–water partition coefficient (Wildman–Crippen LogP) is 0.662. The number of amides is 1. The van der Waals surface area contributed by atoms with Gasteiger partial charge in [0, 0.05) is 5.56 Å². The number of hydrogen-bond donors (Lipinski definition) is 1. The van der Waals surface area contributed by atoms with Crippen LogP contribution in [-0.4, -0.2) is 43.0 Å². The molecule has 1 heterocycles. The van der Waals surface area contributed by atoms with Gasteiger partial charge in [-0.3, -0.25) is 4.79 Å². The molecule has 1 aromatic carbocycles. The van der Waals surface area contributed by atoms with Gasteiger partial charge in [-0.2, -0.15) is 0 Å². The number of piperazine rings is 1. The minimum Gasteiger partial charge on any atom is -0.550 e. The molecule has 1 atom stereocenters. The van der Waals surface area contributed by atoms with Crippen LogP contribution < -0.4 is 10.0 Å². The van der Waals surface area contributed by atoms with Gasteiger partial charge in [-0.15, -0.1) is 0 Å². The first-order valence-corrected chi connectivity index (χ1v) is 9.96. The standard InChI is InChI=1S/C21H30N2O3/c1-16(22-11-13-23(14-12-22)20(24)15-21(25)26)17-7-9-19(10-8-17)18-5-3-2-4-6-18/h7-10,16,18H,2-6,11-15H2,1H3,(H,25,26)/t16-/m0/s1. The molecule has 0 aromatic heterocycles. The van der Waals surface area contributed by atoms with Gasteiger partial charge in [0.2, 0.25) is 5.91 Å². The number of hydrogen-bond acceptors (Lipinski definition) is 3. The van der Waals surface area contributed by atoms with E-state index in [1.54, 1.807) is 4.90 Å². The van der Waals surface area contributed by atoms with Gasteiger partial charge in [0.25, 0.3) is 0 Å². The van der Waals surface area contributed by atoms with Crippen molar-refractivity contribution in [3.63, 3.8) is 0 Å². The molecule has 1 aliphatic carbocycles. The van der Waals surface area contributed by atoms with Gasteiger partial charge in [0.15, 0.2) is 0 Å². The third-order valence-corrected chi connectivity index (χ3v) is 6.18. The van der Waals surface area contributed by atoms with Gasteiger partial charge in [-0.1, -0.05) is 43.5 Å². The van der Waals surface area contributed by atoms with Crippen molar-refractivity contribution < 1.29 is 19.6 Å². The maximum atomic E-state index is 11.8. The number of nitrogens with zero attached hydrogens (tertiary/aromatic N) is 1. The average molecular weight is 358 g/mol. The average Bonchev–Trinajstić information content (AvgIpc) is 2.68. The van der Waals surface area contributed by atoms with Gasteiger partial charge in [0.05, 0.1) is 38.6 Å². The zero-order chi connectivity index (χ0) is 18.5. The molecule has 26 heavy (non-hydrogen) atoms. The summed E-state index contributed by atoms with van der Waals surface area (Å²) in [7, 11) is 0. The molecule has 5 heteroatoms. The first-order chi connectivity index (χ1) is 12.5. The number of quaternary nitrogens is 1. The minimum absolute atomic E-state index is 0.325. The van der Waals surface area contributed by atoms with E-state index < -0.39 is 12.4 Å². The Bertz CT molecular complexity index is 615. The molecular formula is C21H30N2O3. The van der Waals surface area contributed by atoms with Crippen molar-refractivity contribution in [2.24, 2.45) is 0 Å². The molecule has 5 nitrogen and oxygen atoms in total. The van der Waals surface area contributed by atoms with Crippen molar-refractivity contribution in [2.75, 3.05) is 26.2 Å². The Labute approximate surface area is 156 Å². The summed E-state index contributed by atoms with van der Waals surface area (Å²) in [6.45, 7) is 5.18. The fourth-order valence-corrected chi connectivity index (χ4v) is 4.44. The smallest absolute Gasteiger partial charge is 0.228 e. The van der Waals surface area contributed by atoms with Crippen molar-refractivity contribution in [1.82, 2.24) is 4.90 Å². The molecule has 1 saturated carbocycles. The number of carbonyl (C=O) groups excluding carboxylic acids is 2. The second kappa shape index (κ2) is 8.67. The van der Waals surface area contributed by atoms with E-state index in [9.17, 15) is 14.7 Å². The lowest BCUT2D eigenvalue weighted by molar-refractivity contribution is -0.933. The molecule has 0 spiro atoms. The molecule has 2 fully saturated rings. The molecule has 1 N–H and O–H groups in total. The highest BCUT2D eigenvalue weighted by atomic mass is 16.4. The van der Waals surface area contributed by atoms with E-state index in [-0.39, 0.29) is 5.91 Å². The van der Waals surface area contributed by atoms with Crippen LogP contribution in [0.4, 0.5) is 0 Å². The fourth-order valence-electron chi connectivity index (χ4n) is 4.44. The molecule has 1 aromatic rings. The molecule has 3 rings (SSSR count). The lowest BCUT2D eigenvalue weighted by atomic mass is 9.83. The monoisotopic (exact) mass is 358 g/mol. The Hall–Kier alpha value is -1.88. The second-order valence-corrected chi connectivity index (χ2v) is 7.81. The van der Waals surface area contributed by atoms with Crippen LogP contribution in [0.15, 0.2) is 24.3 Å². The van der Waals surface area contributed by atoms with E-state index in [0.717, 1.165) is 19.0 Å². The first-order valence-electron chi connectivity index (χ1n) is 9.96. The topological polar surface area (TPSA) is 64.9 Å². The number of carboxylic acids is 1. The number of carboxylic acid groups (broad SMARTS) is 1. The lowest BCUT2D eigenvalue weighted by Gasteiger charge is -2.35. The second-order valence-electron chi connectivity index (χ2n) is 7.81. The van der Waals surface area contributed by atoms with E-state index >= 15 is 0 Å². The summed E-state index contributed by atoms with van der Waals surface area (Å²) in [6, 6.07) is 9.54. The van der Waals surface area contributed by atoms with Crippen LogP contribution in [0.1, 0.15) is 68.5 Å². The molecular weight excluding hydrogens is 328 g/mol. The van der Waals surface area contributed by atoms with E-state index in [2.05, 4.69) is 31.2 Å². The number of benzene rings is 1. The van der Waals surface area contributed by atoms with Crippen LogP contribution >= 0.6 is 0 Å². The Morgan fingerprint density at radius 1 is 1.12 bits per heavy atom. The summed E-state index contributed by atoms with van der Waals surface area (Å²) in [4.78, 5) is 25.5. The number of aliphatic carboxylic acids is 1. The summed E-state index contributed by atoms with van der Waals surface area (Å²) in [6.07, 6.45) is 6.23. The van der Waals surface area contributed by atoms with Crippen LogP contribution in [-0.2, 0) is 9.59 Å². The summed E-state index contributed by atoms with van der Waals surface area (Å²) in [5.41, 5.74) is 2.82. The van der Waals surface area contributed by atoms with Crippen molar-refractivity contribution in [3.8, 4) is 0 Å². The van der Waals surface area contributed by atoms with Gasteiger partial charge < -0.3 is 19.7 Å². The molecule has 1 saturated heterocycles. The van der Waals surface area contributed by atoms with E-state index in [1.165, 1.54) is 48.1 Å². The highest BCUT2D eigenvalue weighted by Crippen LogP contribution is 2.32. The SMILES string of the molecule is C[C@@H](c1ccc(C2CCCCC2)cc1)[NH+]1CCN(C(=O)CC(=O)[O-])CC1. The molecule has 2 aliphatic rings. The van der Waals surface area contributed by atoms with Gasteiger partial charge in [-0.25, -0.2) is 0 Å². The zero-order valence-corrected chi connectivity index (χ0v) is 15.7. The summed E-state index contributed by atoms with van der Waals surface area (Å²) in [5.74, 6) is -0.886. The van der Waals surface area contributed by atoms with Crippen molar-refractivity contribution in [3.05, 3.63) is 35.4 Å². The highest BCUT2D eigenvalue weighted by Gasteiger charge is 2.28. The highest BCUT2D eigenvalue weighted by molar-refractivity contribution is 5.92.